The van der Waals surface area contributed by atoms with Gasteiger partial charge in [-0.15, -0.1) is 0 Å². The van der Waals surface area contributed by atoms with E-state index < -0.39 is 17.6 Å². The number of hydrogen-bond donors (Lipinski definition) is 0. The van der Waals surface area contributed by atoms with E-state index in [2.05, 4.69) is 14.9 Å². The van der Waals surface area contributed by atoms with Gasteiger partial charge in [-0.2, -0.15) is 13.2 Å². The van der Waals surface area contributed by atoms with Crippen LogP contribution in [0.25, 0.3) is 11.3 Å². The highest BCUT2D eigenvalue weighted by atomic mass is 19.4. The SMILES string of the molecule is Cc1ccc(-c2cc(N3CCN(C(=O)c4cccc(C(F)(F)F)c4)CC3)ncn2)cc1. The molecule has 1 saturated heterocycles. The number of piperazine rings is 1. The van der Waals surface area contributed by atoms with E-state index in [-0.39, 0.29) is 5.56 Å². The summed E-state index contributed by atoms with van der Waals surface area (Å²) in [5, 5.41) is 0. The minimum atomic E-state index is -4.48. The molecule has 0 bridgehead atoms. The summed E-state index contributed by atoms with van der Waals surface area (Å²) in [6.45, 7) is 3.90. The van der Waals surface area contributed by atoms with E-state index in [0.29, 0.717) is 26.2 Å². The number of benzene rings is 2. The van der Waals surface area contributed by atoms with Crippen LogP contribution >= 0.6 is 0 Å². The summed E-state index contributed by atoms with van der Waals surface area (Å²) >= 11 is 0. The molecule has 4 rings (SSSR count). The molecule has 0 unspecified atom stereocenters. The van der Waals surface area contributed by atoms with Gasteiger partial charge in [-0.05, 0) is 25.1 Å². The fourth-order valence-corrected chi connectivity index (χ4v) is 3.55. The molecule has 5 nitrogen and oxygen atoms in total. The van der Waals surface area contributed by atoms with E-state index in [9.17, 15) is 18.0 Å². The fraction of sp³-hybridized carbons (Fsp3) is 0.261. The van der Waals surface area contributed by atoms with Crippen LogP contribution < -0.4 is 4.90 Å². The van der Waals surface area contributed by atoms with Crippen LogP contribution in [0.4, 0.5) is 19.0 Å². The normalized spacial score (nSPS) is 14.6. The summed E-state index contributed by atoms with van der Waals surface area (Å²) in [5.74, 6) is 0.366. The van der Waals surface area contributed by atoms with Gasteiger partial charge in [-0.1, -0.05) is 35.9 Å². The molecule has 160 valence electrons. The average Bonchev–Trinajstić information content (AvgIpc) is 2.79. The molecule has 31 heavy (non-hydrogen) atoms. The van der Waals surface area contributed by atoms with Gasteiger partial charge in [-0.25, -0.2) is 9.97 Å². The Bertz CT molecular complexity index is 1070. The van der Waals surface area contributed by atoms with E-state index in [1.54, 1.807) is 4.90 Å². The van der Waals surface area contributed by atoms with Crippen molar-refractivity contribution in [3.63, 3.8) is 0 Å². The molecule has 8 heteroatoms. The molecular formula is C23H21F3N4O. The number of aryl methyl sites for hydroxylation is 1. The molecule has 0 radical (unpaired) electrons. The van der Waals surface area contributed by atoms with Crippen LogP contribution in [-0.2, 0) is 6.18 Å². The van der Waals surface area contributed by atoms with Crippen molar-refractivity contribution < 1.29 is 18.0 Å². The number of carbonyl (C=O) groups excluding carboxylic acids is 1. The van der Waals surface area contributed by atoms with Crippen LogP contribution in [0.3, 0.4) is 0 Å². The standard InChI is InChI=1S/C23H21F3N4O/c1-16-5-7-17(8-6-16)20-14-21(28-15-27-20)29-9-11-30(12-10-29)22(31)18-3-2-4-19(13-18)23(24,25)26/h2-8,13-15H,9-12H2,1H3. The van der Waals surface area contributed by atoms with Gasteiger partial charge in [0.15, 0.2) is 0 Å². The Morgan fingerprint density at radius 3 is 2.32 bits per heavy atom. The molecule has 0 saturated carbocycles. The van der Waals surface area contributed by atoms with Crippen LogP contribution in [-0.4, -0.2) is 47.0 Å². The van der Waals surface area contributed by atoms with Crippen LogP contribution in [0, 0.1) is 6.92 Å². The van der Waals surface area contributed by atoms with Gasteiger partial charge in [0, 0.05) is 43.4 Å². The first-order valence-electron chi connectivity index (χ1n) is 9.92. The molecule has 1 amide bonds. The zero-order valence-corrected chi connectivity index (χ0v) is 16.9. The van der Waals surface area contributed by atoms with E-state index in [1.807, 2.05) is 37.3 Å². The van der Waals surface area contributed by atoms with Gasteiger partial charge in [0.2, 0.25) is 0 Å². The number of hydrogen-bond acceptors (Lipinski definition) is 4. The molecule has 0 spiro atoms. The van der Waals surface area contributed by atoms with Gasteiger partial charge >= 0.3 is 6.18 Å². The lowest BCUT2D eigenvalue weighted by molar-refractivity contribution is -0.137. The van der Waals surface area contributed by atoms with Crippen molar-refractivity contribution in [3.05, 3.63) is 77.6 Å². The molecule has 1 fully saturated rings. The maximum Gasteiger partial charge on any atom is 0.416 e. The minimum Gasteiger partial charge on any atom is -0.353 e. The van der Waals surface area contributed by atoms with Crippen LogP contribution in [0.5, 0.6) is 0 Å². The number of amides is 1. The Kier molecular flexibility index (Phi) is 5.63. The summed E-state index contributed by atoms with van der Waals surface area (Å²) in [7, 11) is 0. The molecule has 1 aromatic heterocycles. The average molecular weight is 426 g/mol. The molecule has 3 aromatic rings. The molecule has 2 aromatic carbocycles. The quantitative estimate of drug-likeness (QED) is 0.622. The third-order valence-corrected chi connectivity index (χ3v) is 5.33. The number of alkyl halides is 3. The largest absolute Gasteiger partial charge is 0.416 e. The van der Waals surface area contributed by atoms with Crippen molar-refractivity contribution in [2.75, 3.05) is 31.1 Å². The minimum absolute atomic E-state index is 0.0481. The Labute approximate surface area is 178 Å². The van der Waals surface area contributed by atoms with Crippen molar-refractivity contribution in [1.82, 2.24) is 14.9 Å². The Morgan fingerprint density at radius 1 is 0.935 bits per heavy atom. The topological polar surface area (TPSA) is 49.3 Å². The van der Waals surface area contributed by atoms with Crippen molar-refractivity contribution in [1.29, 1.82) is 0 Å². The van der Waals surface area contributed by atoms with E-state index >= 15 is 0 Å². The van der Waals surface area contributed by atoms with Gasteiger partial charge in [0.25, 0.3) is 5.91 Å². The van der Waals surface area contributed by atoms with Gasteiger partial charge in [-0.3, -0.25) is 4.79 Å². The van der Waals surface area contributed by atoms with Crippen molar-refractivity contribution in [2.24, 2.45) is 0 Å². The third kappa shape index (κ3) is 4.68. The second-order valence-electron chi connectivity index (χ2n) is 7.49. The molecular weight excluding hydrogens is 405 g/mol. The highest BCUT2D eigenvalue weighted by Gasteiger charge is 2.31. The maximum absolute atomic E-state index is 12.9. The smallest absolute Gasteiger partial charge is 0.353 e. The Balaban J connectivity index is 1.44. The number of aromatic nitrogens is 2. The first-order chi connectivity index (χ1) is 14.8. The lowest BCUT2D eigenvalue weighted by atomic mass is 10.1. The lowest BCUT2D eigenvalue weighted by Crippen LogP contribution is -2.49. The van der Waals surface area contributed by atoms with Crippen LogP contribution in [0.2, 0.25) is 0 Å². The molecule has 0 aliphatic carbocycles. The van der Waals surface area contributed by atoms with Crippen LogP contribution in [0.1, 0.15) is 21.5 Å². The lowest BCUT2D eigenvalue weighted by Gasteiger charge is -2.35. The summed E-state index contributed by atoms with van der Waals surface area (Å²) in [6.07, 6.45) is -2.96. The number of carbonyl (C=O) groups is 1. The first kappa shape index (κ1) is 20.8. The van der Waals surface area contributed by atoms with Crippen molar-refractivity contribution in [3.8, 4) is 11.3 Å². The van der Waals surface area contributed by atoms with E-state index in [1.165, 1.54) is 24.0 Å². The zero-order chi connectivity index (χ0) is 22.0. The summed E-state index contributed by atoms with van der Waals surface area (Å²) in [5.41, 5.74) is 2.20. The predicted octanol–water partition coefficient (Wildman–Crippen LogP) is 4.43. The van der Waals surface area contributed by atoms with Crippen molar-refractivity contribution >= 4 is 11.7 Å². The van der Waals surface area contributed by atoms with Gasteiger partial charge in [0.05, 0.1) is 11.3 Å². The summed E-state index contributed by atoms with van der Waals surface area (Å²) in [6, 6.07) is 14.5. The zero-order valence-electron chi connectivity index (χ0n) is 16.9. The van der Waals surface area contributed by atoms with E-state index in [0.717, 1.165) is 29.2 Å². The predicted molar refractivity (Wildman–Crippen MR) is 112 cm³/mol. The van der Waals surface area contributed by atoms with Crippen LogP contribution in [0.15, 0.2) is 60.9 Å². The third-order valence-electron chi connectivity index (χ3n) is 5.33. The van der Waals surface area contributed by atoms with Gasteiger partial charge < -0.3 is 9.80 Å². The summed E-state index contributed by atoms with van der Waals surface area (Å²) in [4.78, 5) is 25.0. The molecule has 1 aliphatic rings. The first-order valence-corrected chi connectivity index (χ1v) is 9.92. The fourth-order valence-electron chi connectivity index (χ4n) is 3.55. The Morgan fingerprint density at radius 2 is 1.65 bits per heavy atom. The number of rotatable bonds is 3. The molecule has 2 heterocycles. The second kappa shape index (κ2) is 8.37. The monoisotopic (exact) mass is 426 g/mol. The number of anilines is 1. The number of halogens is 3. The molecule has 0 atom stereocenters. The highest BCUT2D eigenvalue weighted by molar-refractivity contribution is 5.94. The maximum atomic E-state index is 12.9. The van der Waals surface area contributed by atoms with Crippen molar-refractivity contribution in [2.45, 2.75) is 13.1 Å². The summed E-state index contributed by atoms with van der Waals surface area (Å²) < 4.78 is 38.8. The second-order valence-corrected chi connectivity index (χ2v) is 7.49. The number of nitrogens with zero attached hydrogens (tertiary/aromatic N) is 4. The Hall–Kier alpha value is -3.42. The van der Waals surface area contributed by atoms with E-state index in [4.69, 9.17) is 0 Å². The molecule has 1 aliphatic heterocycles. The molecule has 0 N–H and O–H groups in total. The van der Waals surface area contributed by atoms with Gasteiger partial charge in [0.1, 0.15) is 12.1 Å². The highest BCUT2D eigenvalue weighted by Crippen LogP contribution is 2.30.